The molecule has 0 radical (unpaired) electrons. The zero-order valence-electron chi connectivity index (χ0n) is 10.2. The second-order valence-corrected chi connectivity index (χ2v) is 4.19. The average molecular weight is 224 g/mol. The van der Waals surface area contributed by atoms with E-state index in [-0.39, 0.29) is 5.56 Å². The summed E-state index contributed by atoms with van der Waals surface area (Å²) in [6.45, 7) is 6.43. The van der Waals surface area contributed by atoms with E-state index in [0.29, 0.717) is 12.5 Å². The Kier molecular flexibility index (Phi) is 4.98. The number of hydrogen-bond donors (Lipinski definition) is 2. The van der Waals surface area contributed by atoms with Crippen molar-refractivity contribution in [3.8, 4) is 0 Å². The van der Waals surface area contributed by atoms with Crippen molar-refractivity contribution in [3.63, 3.8) is 0 Å². The molecule has 5 nitrogen and oxygen atoms in total. The normalized spacial score (nSPS) is 10.8. The van der Waals surface area contributed by atoms with Gasteiger partial charge in [0.05, 0.1) is 11.9 Å². The van der Waals surface area contributed by atoms with Crippen LogP contribution in [-0.2, 0) is 6.54 Å². The first-order chi connectivity index (χ1) is 7.63. The third-order valence-electron chi connectivity index (χ3n) is 2.11. The molecule has 0 spiro atoms. The van der Waals surface area contributed by atoms with E-state index in [1.165, 1.54) is 4.68 Å². The number of likely N-dealkylation sites (N-methyl/N-ethyl adjacent to an activating group) is 1. The van der Waals surface area contributed by atoms with Crippen molar-refractivity contribution in [2.75, 3.05) is 25.5 Å². The van der Waals surface area contributed by atoms with E-state index in [4.69, 9.17) is 0 Å². The predicted octanol–water partition coefficient (Wildman–Crippen LogP) is 0.531. The molecule has 0 aliphatic heterocycles. The lowest BCUT2D eigenvalue weighted by atomic mass is 10.2. The monoisotopic (exact) mass is 224 g/mol. The van der Waals surface area contributed by atoms with Crippen molar-refractivity contribution in [1.29, 1.82) is 0 Å². The first kappa shape index (κ1) is 12.7. The molecule has 16 heavy (non-hydrogen) atoms. The largest absolute Gasteiger partial charge is 0.382 e. The number of anilines is 1. The van der Waals surface area contributed by atoms with Gasteiger partial charge in [-0.25, -0.2) is 4.68 Å². The van der Waals surface area contributed by atoms with Crippen molar-refractivity contribution >= 4 is 5.69 Å². The van der Waals surface area contributed by atoms with Crippen molar-refractivity contribution in [2.45, 2.75) is 20.4 Å². The second-order valence-electron chi connectivity index (χ2n) is 4.19. The van der Waals surface area contributed by atoms with Crippen molar-refractivity contribution in [3.05, 3.63) is 22.6 Å². The van der Waals surface area contributed by atoms with E-state index < -0.39 is 0 Å². The van der Waals surface area contributed by atoms with Gasteiger partial charge in [-0.1, -0.05) is 13.8 Å². The number of aromatic nitrogens is 2. The van der Waals surface area contributed by atoms with E-state index in [1.807, 2.05) is 7.05 Å². The van der Waals surface area contributed by atoms with Gasteiger partial charge in [-0.3, -0.25) is 4.79 Å². The SMILES string of the molecule is CNCCNc1cnn(CC(C)C)c(=O)c1. The Labute approximate surface area is 95.9 Å². The summed E-state index contributed by atoms with van der Waals surface area (Å²) in [5.74, 6) is 0.424. The van der Waals surface area contributed by atoms with Crippen LogP contribution >= 0.6 is 0 Å². The smallest absolute Gasteiger partial charge is 0.268 e. The maximum atomic E-state index is 11.7. The van der Waals surface area contributed by atoms with Crippen LogP contribution in [0.5, 0.6) is 0 Å². The third kappa shape index (κ3) is 4.02. The van der Waals surface area contributed by atoms with E-state index in [1.54, 1.807) is 12.3 Å². The van der Waals surface area contributed by atoms with Gasteiger partial charge in [-0.05, 0) is 13.0 Å². The lowest BCUT2D eigenvalue weighted by Crippen LogP contribution is -2.25. The summed E-state index contributed by atoms with van der Waals surface area (Å²) in [4.78, 5) is 11.7. The van der Waals surface area contributed by atoms with Gasteiger partial charge in [0.2, 0.25) is 0 Å². The van der Waals surface area contributed by atoms with Gasteiger partial charge in [0.15, 0.2) is 0 Å². The molecule has 90 valence electrons. The standard InChI is InChI=1S/C11H20N4O/c1-9(2)8-15-11(16)6-10(7-14-15)13-5-4-12-3/h6-7,9,12-13H,4-5,8H2,1-3H3. The van der Waals surface area contributed by atoms with Crippen LogP contribution in [0.3, 0.4) is 0 Å². The fraction of sp³-hybridized carbons (Fsp3) is 0.636. The van der Waals surface area contributed by atoms with Crippen LogP contribution in [-0.4, -0.2) is 29.9 Å². The van der Waals surface area contributed by atoms with Gasteiger partial charge in [0.25, 0.3) is 5.56 Å². The summed E-state index contributed by atoms with van der Waals surface area (Å²) >= 11 is 0. The highest BCUT2D eigenvalue weighted by molar-refractivity contribution is 5.38. The van der Waals surface area contributed by atoms with Crippen LogP contribution in [0.4, 0.5) is 5.69 Å². The molecule has 0 fully saturated rings. The Morgan fingerprint density at radius 2 is 2.19 bits per heavy atom. The van der Waals surface area contributed by atoms with Gasteiger partial charge in [-0.15, -0.1) is 0 Å². The maximum absolute atomic E-state index is 11.7. The minimum atomic E-state index is -0.0526. The average Bonchev–Trinajstić information content (AvgIpc) is 2.22. The highest BCUT2D eigenvalue weighted by Crippen LogP contribution is 2.00. The third-order valence-corrected chi connectivity index (χ3v) is 2.11. The molecule has 0 unspecified atom stereocenters. The minimum absolute atomic E-state index is 0.0526. The number of nitrogens with one attached hydrogen (secondary N) is 2. The Morgan fingerprint density at radius 3 is 2.75 bits per heavy atom. The molecule has 0 saturated carbocycles. The molecule has 0 atom stereocenters. The van der Waals surface area contributed by atoms with Gasteiger partial charge in [0.1, 0.15) is 0 Å². The minimum Gasteiger partial charge on any atom is -0.382 e. The zero-order valence-corrected chi connectivity index (χ0v) is 10.2. The molecule has 1 rings (SSSR count). The molecule has 1 aromatic heterocycles. The molecular formula is C11H20N4O. The summed E-state index contributed by atoms with van der Waals surface area (Å²) in [6.07, 6.45) is 1.69. The summed E-state index contributed by atoms with van der Waals surface area (Å²) in [6, 6.07) is 1.59. The Balaban J connectivity index is 2.64. The van der Waals surface area contributed by atoms with Crippen LogP contribution in [0, 0.1) is 5.92 Å². The summed E-state index contributed by atoms with van der Waals surface area (Å²) in [5, 5.41) is 10.3. The first-order valence-electron chi connectivity index (χ1n) is 5.59. The lowest BCUT2D eigenvalue weighted by molar-refractivity contribution is 0.464. The highest BCUT2D eigenvalue weighted by Gasteiger charge is 2.01. The van der Waals surface area contributed by atoms with E-state index in [0.717, 1.165) is 18.8 Å². The van der Waals surface area contributed by atoms with Gasteiger partial charge < -0.3 is 10.6 Å². The molecule has 0 amide bonds. The quantitative estimate of drug-likeness (QED) is 0.692. The molecule has 0 aliphatic rings. The molecule has 0 bridgehead atoms. The van der Waals surface area contributed by atoms with Crippen LogP contribution in [0.25, 0.3) is 0 Å². The van der Waals surface area contributed by atoms with Crippen LogP contribution in [0.1, 0.15) is 13.8 Å². The van der Waals surface area contributed by atoms with Gasteiger partial charge in [0, 0.05) is 25.7 Å². The topological polar surface area (TPSA) is 59.0 Å². The van der Waals surface area contributed by atoms with Gasteiger partial charge in [-0.2, -0.15) is 5.10 Å². The molecular weight excluding hydrogens is 204 g/mol. The first-order valence-corrected chi connectivity index (χ1v) is 5.59. The van der Waals surface area contributed by atoms with E-state index >= 15 is 0 Å². The molecule has 1 aromatic rings. The molecule has 0 aromatic carbocycles. The molecule has 5 heteroatoms. The van der Waals surface area contributed by atoms with Gasteiger partial charge >= 0.3 is 0 Å². The van der Waals surface area contributed by atoms with Crippen molar-refractivity contribution < 1.29 is 0 Å². The summed E-state index contributed by atoms with van der Waals surface area (Å²) in [5.41, 5.74) is 0.725. The molecule has 0 aliphatic carbocycles. The van der Waals surface area contributed by atoms with E-state index in [9.17, 15) is 4.79 Å². The highest BCUT2D eigenvalue weighted by atomic mass is 16.1. The van der Waals surface area contributed by atoms with Crippen LogP contribution in [0.2, 0.25) is 0 Å². The Hall–Kier alpha value is -1.36. The second kappa shape index (κ2) is 6.27. The van der Waals surface area contributed by atoms with Crippen LogP contribution in [0.15, 0.2) is 17.1 Å². The fourth-order valence-corrected chi connectivity index (χ4v) is 1.35. The van der Waals surface area contributed by atoms with E-state index in [2.05, 4.69) is 29.6 Å². The zero-order chi connectivity index (χ0) is 12.0. The molecule has 2 N–H and O–H groups in total. The van der Waals surface area contributed by atoms with Crippen molar-refractivity contribution in [2.24, 2.45) is 5.92 Å². The van der Waals surface area contributed by atoms with Crippen molar-refractivity contribution in [1.82, 2.24) is 15.1 Å². The number of rotatable bonds is 6. The Morgan fingerprint density at radius 1 is 1.44 bits per heavy atom. The summed E-state index contributed by atoms with van der Waals surface area (Å²) < 4.78 is 1.49. The van der Waals surface area contributed by atoms with Crippen LogP contribution < -0.4 is 16.2 Å². The lowest BCUT2D eigenvalue weighted by Gasteiger charge is -2.09. The number of hydrogen-bond acceptors (Lipinski definition) is 4. The molecule has 0 saturated heterocycles. The maximum Gasteiger partial charge on any atom is 0.268 e. The summed E-state index contributed by atoms with van der Waals surface area (Å²) in [7, 11) is 1.89. The number of nitrogens with zero attached hydrogens (tertiary/aromatic N) is 2. The molecule has 1 heterocycles. The Bertz CT molecular complexity index is 372. The fourth-order valence-electron chi connectivity index (χ4n) is 1.35. The predicted molar refractivity (Wildman–Crippen MR) is 65.8 cm³/mol.